The predicted octanol–water partition coefficient (Wildman–Crippen LogP) is -0.650. The summed E-state index contributed by atoms with van der Waals surface area (Å²) < 4.78 is 0. The van der Waals surface area contributed by atoms with Crippen LogP contribution in [0.1, 0.15) is 6.42 Å². The minimum Gasteiger partial charge on any atom is -0.481 e. The van der Waals surface area contributed by atoms with Crippen LogP contribution in [0.3, 0.4) is 0 Å². The molecule has 0 aromatic carbocycles. The lowest BCUT2D eigenvalue weighted by atomic mass is 10.0. The Morgan fingerprint density at radius 2 is 2.36 bits per heavy atom. The molecule has 0 aromatic rings. The molecule has 1 saturated heterocycles. The van der Waals surface area contributed by atoms with Gasteiger partial charge in [0.15, 0.2) is 0 Å². The van der Waals surface area contributed by atoms with Crippen molar-refractivity contribution in [2.45, 2.75) is 12.5 Å². The van der Waals surface area contributed by atoms with Gasteiger partial charge in [0.1, 0.15) is 0 Å². The highest BCUT2D eigenvalue weighted by molar-refractivity contribution is 5.67. The summed E-state index contributed by atoms with van der Waals surface area (Å²) in [6.45, 7) is 1.63. The molecule has 3 N–H and O–H groups in total. The van der Waals surface area contributed by atoms with Crippen LogP contribution in [-0.4, -0.2) is 42.2 Å². The molecule has 1 aliphatic heterocycles. The van der Waals surface area contributed by atoms with E-state index in [0.717, 1.165) is 13.1 Å². The number of carboxylic acids is 1. The Morgan fingerprint density at radius 1 is 1.73 bits per heavy atom. The highest BCUT2D eigenvalue weighted by atomic mass is 16.4. The first-order valence-corrected chi connectivity index (χ1v) is 3.75. The molecule has 1 rings (SSSR count). The number of nitrogens with two attached hydrogens (primary N) is 1. The Balaban J connectivity index is 2.40. The van der Waals surface area contributed by atoms with Crippen LogP contribution in [0.2, 0.25) is 0 Å². The minimum absolute atomic E-state index is 0.0381. The van der Waals surface area contributed by atoms with Gasteiger partial charge in [0.05, 0.1) is 6.42 Å². The number of rotatable bonds is 2. The van der Waals surface area contributed by atoms with Crippen molar-refractivity contribution in [3.8, 4) is 0 Å². The van der Waals surface area contributed by atoms with Gasteiger partial charge in [-0.15, -0.1) is 0 Å². The van der Waals surface area contributed by atoms with Crippen molar-refractivity contribution in [2.24, 2.45) is 11.7 Å². The molecule has 4 nitrogen and oxygen atoms in total. The van der Waals surface area contributed by atoms with E-state index in [-0.39, 0.29) is 18.4 Å². The molecule has 0 unspecified atom stereocenters. The Bertz CT molecular complexity index is 161. The zero-order chi connectivity index (χ0) is 8.43. The summed E-state index contributed by atoms with van der Waals surface area (Å²) in [5, 5.41) is 8.50. The zero-order valence-corrected chi connectivity index (χ0v) is 6.66. The van der Waals surface area contributed by atoms with Crippen molar-refractivity contribution < 1.29 is 9.90 Å². The topological polar surface area (TPSA) is 66.6 Å². The second-order valence-electron chi connectivity index (χ2n) is 3.24. The molecule has 1 heterocycles. The summed E-state index contributed by atoms with van der Waals surface area (Å²) in [5.41, 5.74) is 5.71. The van der Waals surface area contributed by atoms with Crippen LogP contribution in [0, 0.1) is 5.92 Å². The van der Waals surface area contributed by atoms with Gasteiger partial charge in [-0.25, -0.2) is 0 Å². The average Bonchev–Trinajstić information content (AvgIpc) is 2.09. The summed E-state index contributed by atoms with van der Waals surface area (Å²) >= 11 is 0. The maximum Gasteiger partial charge on any atom is 0.303 e. The van der Waals surface area contributed by atoms with Gasteiger partial charge >= 0.3 is 5.97 Å². The van der Waals surface area contributed by atoms with E-state index in [1.54, 1.807) is 0 Å². The van der Waals surface area contributed by atoms with Gasteiger partial charge in [0.25, 0.3) is 0 Å². The van der Waals surface area contributed by atoms with E-state index < -0.39 is 5.97 Å². The largest absolute Gasteiger partial charge is 0.481 e. The average molecular weight is 158 g/mol. The normalized spacial score (nSPS) is 32.5. The van der Waals surface area contributed by atoms with Gasteiger partial charge in [-0.3, -0.25) is 4.79 Å². The lowest BCUT2D eigenvalue weighted by Gasteiger charge is -2.09. The molecule has 0 aliphatic carbocycles. The molecule has 4 heteroatoms. The van der Waals surface area contributed by atoms with Gasteiger partial charge in [-0.1, -0.05) is 0 Å². The molecule has 64 valence electrons. The van der Waals surface area contributed by atoms with Crippen LogP contribution in [-0.2, 0) is 4.79 Å². The van der Waals surface area contributed by atoms with Crippen molar-refractivity contribution in [1.82, 2.24) is 4.90 Å². The second-order valence-corrected chi connectivity index (χ2v) is 3.24. The Labute approximate surface area is 66.0 Å². The molecule has 0 spiro atoms. The first-order valence-electron chi connectivity index (χ1n) is 3.75. The van der Waals surface area contributed by atoms with Gasteiger partial charge in [-0.05, 0) is 13.0 Å². The Hall–Kier alpha value is -0.610. The molecule has 1 aliphatic rings. The van der Waals surface area contributed by atoms with E-state index in [4.69, 9.17) is 10.8 Å². The highest BCUT2D eigenvalue weighted by Gasteiger charge is 2.29. The monoisotopic (exact) mass is 158 g/mol. The quantitative estimate of drug-likeness (QED) is 0.560. The first kappa shape index (κ1) is 8.49. The van der Waals surface area contributed by atoms with E-state index in [0.29, 0.717) is 0 Å². The second kappa shape index (κ2) is 3.19. The van der Waals surface area contributed by atoms with E-state index >= 15 is 0 Å². The highest BCUT2D eigenvalue weighted by Crippen LogP contribution is 2.16. The van der Waals surface area contributed by atoms with E-state index in [1.807, 2.05) is 7.05 Å². The molecule has 0 amide bonds. The number of hydrogen-bond donors (Lipinski definition) is 2. The zero-order valence-electron chi connectivity index (χ0n) is 6.66. The third kappa shape index (κ3) is 2.17. The van der Waals surface area contributed by atoms with Crippen molar-refractivity contribution in [2.75, 3.05) is 20.1 Å². The van der Waals surface area contributed by atoms with Crippen molar-refractivity contribution in [3.63, 3.8) is 0 Å². The van der Waals surface area contributed by atoms with Crippen LogP contribution in [0.25, 0.3) is 0 Å². The Morgan fingerprint density at radius 3 is 2.73 bits per heavy atom. The fourth-order valence-corrected chi connectivity index (χ4v) is 1.56. The maximum atomic E-state index is 10.3. The molecular formula is C7H14N2O2. The standard InChI is InChI=1S/C7H14N2O2/c1-9-3-5(2-7(10)11)6(8)4-9/h5-6H,2-4,8H2,1H3,(H,10,11)/t5-,6-/m1/s1. The molecule has 11 heavy (non-hydrogen) atoms. The summed E-state index contributed by atoms with van der Waals surface area (Å²) in [6.07, 6.45) is 0.200. The van der Waals surface area contributed by atoms with Crippen LogP contribution in [0.15, 0.2) is 0 Å². The van der Waals surface area contributed by atoms with Crippen molar-refractivity contribution >= 4 is 5.97 Å². The number of nitrogens with zero attached hydrogens (tertiary/aromatic N) is 1. The number of carboxylic acid groups (broad SMARTS) is 1. The SMILES string of the molecule is CN1C[C@@H](CC(=O)O)[C@H](N)C1. The number of likely N-dealkylation sites (N-methyl/N-ethyl adjacent to an activating group) is 1. The Kier molecular flexibility index (Phi) is 2.46. The number of carbonyl (C=O) groups is 1. The van der Waals surface area contributed by atoms with Gasteiger partial charge in [0, 0.05) is 19.1 Å². The van der Waals surface area contributed by atoms with Crippen LogP contribution < -0.4 is 5.73 Å². The molecular weight excluding hydrogens is 144 g/mol. The molecule has 1 fully saturated rings. The predicted molar refractivity (Wildman–Crippen MR) is 41.2 cm³/mol. The fraction of sp³-hybridized carbons (Fsp3) is 0.857. The fourth-order valence-electron chi connectivity index (χ4n) is 1.56. The van der Waals surface area contributed by atoms with E-state index in [2.05, 4.69) is 4.90 Å². The smallest absolute Gasteiger partial charge is 0.303 e. The molecule has 0 aromatic heterocycles. The maximum absolute atomic E-state index is 10.3. The number of aliphatic carboxylic acids is 1. The third-order valence-corrected chi connectivity index (χ3v) is 2.11. The lowest BCUT2D eigenvalue weighted by Crippen LogP contribution is -2.30. The van der Waals surface area contributed by atoms with Crippen molar-refractivity contribution in [3.05, 3.63) is 0 Å². The summed E-state index contributed by atoms with van der Waals surface area (Å²) in [6, 6.07) is 0.0381. The third-order valence-electron chi connectivity index (χ3n) is 2.11. The summed E-state index contributed by atoms with van der Waals surface area (Å²) in [7, 11) is 1.96. The summed E-state index contributed by atoms with van der Waals surface area (Å²) in [4.78, 5) is 12.4. The van der Waals surface area contributed by atoms with Crippen LogP contribution in [0.5, 0.6) is 0 Å². The minimum atomic E-state index is -0.749. The van der Waals surface area contributed by atoms with Gasteiger partial charge in [0.2, 0.25) is 0 Å². The molecule has 0 saturated carbocycles. The van der Waals surface area contributed by atoms with Gasteiger partial charge < -0.3 is 15.7 Å². The lowest BCUT2D eigenvalue weighted by molar-refractivity contribution is -0.138. The summed E-state index contributed by atoms with van der Waals surface area (Å²) in [5.74, 6) is -0.613. The van der Waals surface area contributed by atoms with Crippen molar-refractivity contribution in [1.29, 1.82) is 0 Å². The molecule has 2 atom stereocenters. The van der Waals surface area contributed by atoms with Crippen LogP contribution >= 0.6 is 0 Å². The first-order chi connectivity index (χ1) is 5.09. The van der Waals surface area contributed by atoms with Crippen LogP contribution in [0.4, 0.5) is 0 Å². The number of hydrogen-bond acceptors (Lipinski definition) is 3. The molecule has 0 radical (unpaired) electrons. The molecule has 0 bridgehead atoms. The van der Waals surface area contributed by atoms with E-state index in [1.165, 1.54) is 0 Å². The number of likely N-dealkylation sites (tertiary alicyclic amines) is 1. The van der Waals surface area contributed by atoms with Gasteiger partial charge in [-0.2, -0.15) is 0 Å². The van der Waals surface area contributed by atoms with E-state index in [9.17, 15) is 4.79 Å².